The van der Waals surface area contributed by atoms with E-state index in [1.54, 1.807) is 14.2 Å². The smallest absolute Gasteiger partial charge is 0.121 e. The zero-order valence-corrected chi connectivity index (χ0v) is 13.6. The largest absolute Gasteiger partial charge is 0.496 e. The molecule has 20 heavy (non-hydrogen) atoms. The third kappa shape index (κ3) is 5.93. The van der Waals surface area contributed by atoms with Gasteiger partial charge in [-0.15, -0.1) is 0 Å². The summed E-state index contributed by atoms with van der Waals surface area (Å²) >= 11 is 0. The Kier molecular flexibility index (Phi) is 7.03. The maximum atomic E-state index is 5.30. The van der Waals surface area contributed by atoms with Crippen LogP contribution in [0.25, 0.3) is 0 Å². The van der Waals surface area contributed by atoms with Gasteiger partial charge in [0.05, 0.1) is 13.7 Å². The van der Waals surface area contributed by atoms with E-state index in [4.69, 9.17) is 9.47 Å². The lowest BCUT2D eigenvalue weighted by molar-refractivity contribution is 0.193. The number of ether oxygens (including phenoxy) is 2. The van der Waals surface area contributed by atoms with Crippen LogP contribution in [0.4, 0.5) is 0 Å². The number of rotatable bonds is 9. The minimum Gasteiger partial charge on any atom is -0.496 e. The van der Waals surface area contributed by atoms with Gasteiger partial charge in [-0.25, -0.2) is 0 Å². The quantitative estimate of drug-likeness (QED) is 0.704. The molecule has 0 atom stereocenters. The molecule has 1 rings (SSSR count). The van der Waals surface area contributed by atoms with E-state index in [2.05, 4.69) is 44.3 Å². The summed E-state index contributed by atoms with van der Waals surface area (Å²) in [5, 5.41) is 3.45. The van der Waals surface area contributed by atoms with Crippen LogP contribution in [0.1, 0.15) is 31.4 Å². The minimum atomic E-state index is 0.293. The fourth-order valence-electron chi connectivity index (χ4n) is 2.27. The van der Waals surface area contributed by atoms with Crippen LogP contribution in [0, 0.1) is 12.3 Å². The molecule has 0 saturated heterocycles. The molecule has 0 unspecified atom stereocenters. The van der Waals surface area contributed by atoms with Crippen molar-refractivity contribution in [1.29, 1.82) is 0 Å². The molecular formula is C17H29NO2. The maximum Gasteiger partial charge on any atom is 0.121 e. The van der Waals surface area contributed by atoms with E-state index in [0.717, 1.165) is 31.9 Å². The summed E-state index contributed by atoms with van der Waals surface area (Å²) in [7, 11) is 3.45. The highest BCUT2D eigenvalue weighted by molar-refractivity contribution is 5.36. The molecule has 0 bridgehead atoms. The summed E-state index contributed by atoms with van der Waals surface area (Å²) < 4.78 is 10.3. The summed E-state index contributed by atoms with van der Waals surface area (Å²) in [5.41, 5.74) is 2.89. The van der Waals surface area contributed by atoms with E-state index >= 15 is 0 Å². The average Bonchev–Trinajstić information content (AvgIpc) is 2.42. The summed E-state index contributed by atoms with van der Waals surface area (Å²) in [5.74, 6) is 0.967. The Morgan fingerprint density at radius 2 is 1.95 bits per heavy atom. The van der Waals surface area contributed by atoms with E-state index in [9.17, 15) is 0 Å². The highest BCUT2D eigenvalue weighted by atomic mass is 16.5. The predicted molar refractivity (Wildman–Crippen MR) is 84.6 cm³/mol. The van der Waals surface area contributed by atoms with Crippen LogP contribution in [-0.2, 0) is 11.2 Å². The Labute approximate surface area is 123 Å². The standard InChI is InChI=1S/C17H29NO2/c1-14-12-15(6-7-16(14)20-5)8-9-17(2,3)13-18-10-11-19-4/h6-7,12,18H,8-11,13H2,1-5H3. The van der Waals surface area contributed by atoms with E-state index in [1.165, 1.54) is 17.5 Å². The molecule has 1 aromatic rings. The van der Waals surface area contributed by atoms with Crippen molar-refractivity contribution in [2.24, 2.45) is 5.41 Å². The Morgan fingerprint density at radius 3 is 2.55 bits per heavy atom. The van der Waals surface area contributed by atoms with Crippen LogP contribution < -0.4 is 10.1 Å². The zero-order chi connectivity index (χ0) is 15.0. The summed E-state index contributed by atoms with van der Waals surface area (Å²) in [6, 6.07) is 6.46. The average molecular weight is 279 g/mol. The van der Waals surface area contributed by atoms with Crippen molar-refractivity contribution in [3.63, 3.8) is 0 Å². The van der Waals surface area contributed by atoms with E-state index in [-0.39, 0.29) is 0 Å². The van der Waals surface area contributed by atoms with Gasteiger partial charge in [-0.1, -0.05) is 26.0 Å². The molecule has 0 aliphatic rings. The first-order valence-corrected chi connectivity index (χ1v) is 7.32. The topological polar surface area (TPSA) is 30.5 Å². The zero-order valence-electron chi connectivity index (χ0n) is 13.6. The first-order chi connectivity index (χ1) is 9.48. The molecule has 0 amide bonds. The van der Waals surface area contributed by atoms with Gasteiger partial charge in [-0.05, 0) is 42.4 Å². The Hall–Kier alpha value is -1.06. The number of methoxy groups -OCH3 is 2. The molecule has 0 heterocycles. The highest BCUT2D eigenvalue weighted by Crippen LogP contribution is 2.24. The van der Waals surface area contributed by atoms with E-state index < -0.39 is 0 Å². The number of benzene rings is 1. The van der Waals surface area contributed by atoms with Gasteiger partial charge in [0.25, 0.3) is 0 Å². The number of hydrogen-bond acceptors (Lipinski definition) is 3. The Balaban J connectivity index is 2.42. The third-order valence-electron chi connectivity index (χ3n) is 3.64. The van der Waals surface area contributed by atoms with Crippen molar-refractivity contribution in [3.05, 3.63) is 29.3 Å². The highest BCUT2D eigenvalue weighted by Gasteiger charge is 2.17. The number of aryl methyl sites for hydroxylation is 2. The fourth-order valence-corrected chi connectivity index (χ4v) is 2.27. The lowest BCUT2D eigenvalue weighted by atomic mass is 9.86. The van der Waals surface area contributed by atoms with Crippen molar-refractivity contribution >= 4 is 0 Å². The second-order valence-electron chi connectivity index (χ2n) is 6.14. The molecule has 0 aliphatic carbocycles. The normalized spacial score (nSPS) is 11.7. The van der Waals surface area contributed by atoms with Crippen LogP contribution in [0.15, 0.2) is 18.2 Å². The van der Waals surface area contributed by atoms with Crippen LogP contribution in [0.3, 0.4) is 0 Å². The number of nitrogens with one attached hydrogen (secondary N) is 1. The lowest BCUT2D eigenvalue weighted by Gasteiger charge is -2.25. The lowest BCUT2D eigenvalue weighted by Crippen LogP contribution is -2.31. The summed E-state index contributed by atoms with van der Waals surface area (Å²) in [4.78, 5) is 0. The van der Waals surface area contributed by atoms with Crippen molar-refractivity contribution in [2.45, 2.75) is 33.6 Å². The van der Waals surface area contributed by atoms with E-state index in [1.807, 2.05) is 0 Å². The van der Waals surface area contributed by atoms with Crippen molar-refractivity contribution < 1.29 is 9.47 Å². The summed E-state index contributed by atoms with van der Waals surface area (Å²) in [6.07, 6.45) is 2.27. The van der Waals surface area contributed by atoms with Crippen LogP contribution >= 0.6 is 0 Å². The predicted octanol–water partition coefficient (Wildman–Crippen LogP) is 3.20. The first kappa shape index (κ1) is 17.0. The van der Waals surface area contributed by atoms with Crippen molar-refractivity contribution in [2.75, 3.05) is 33.9 Å². The first-order valence-electron chi connectivity index (χ1n) is 7.32. The molecule has 3 nitrogen and oxygen atoms in total. The fraction of sp³-hybridized carbons (Fsp3) is 0.647. The van der Waals surface area contributed by atoms with E-state index in [0.29, 0.717) is 5.41 Å². The Morgan fingerprint density at radius 1 is 1.20 bits per heavy atom. The Bertz CT molecular complexity index is 402. The van der Waals surface area contributed by atoms with Gasteiger partial charge >= 0.3 is 0 Å². The second-order valence-corrected chi connectivity index (χ2v) is 6.14. The summed E-state index contributed by atoms with van der Waals surface area (Å²) in [6.45, 7) is 9.42. The monoisotopic (exact) mass is 279 g/mol. The van der Waals surface area contributed by atoms with Crippen LogP contribution in [-0.4, -0.2) is 33.9 Å². The van der Waals surface area contributed by atoms with Crippen molar-refractivity contribution in [3.8, 4) is 5.75 Å². The molecule has 0 aliphatic heterocycles. The molecule has 1 N–H and O–H groups in total. The van der Waals surface area contributed by atoms with Gasteiger partial charge in [-0.3, -0.25) is 0 Å². The number of hydrogen-bond donors (Lipinski definition) is 1. The maximum absolute atomic E-state index is 5.30. The van der Waals surface area contributed by atoms with Crippen LogP contribution in [0.5, 0.6) is 5.75 Å². The third-order valence-corrected chi connectivity index (χ3v) is 3.64. The molecule has 0 fully saturated rings. The van der Waals surface area contributed by atoms with Gasteiger partial charge in [0, 0.05) is 20.2 Å². The molecule has 0 radical (unpaired) electrons. The molecule has 114 valence electrons. The van der Waals surface area contributed by atoms with Gasteiger partial charge in [0.15, 0.2) is 0 Å². The molecule has 1 aromatic carbocycles. The molecule has 0 spiro atoms. The van der Waals surface area contributed by atoms with Crippen molar-refractivity contribution in [1.82, 2.24) is 5.32 Å². The van der Waals surface area contributed by atoms with Crippen LogP contribution in [0.2, 0.25) is 0 Å². The molecule has 3 heteroatoms. The van der Waals surface area contributed by atoms with Gasteiger partial charge in [0.2, 0.25) is 0 Å². The van der Waals surface area contributed by atoms with Gasteiger partial charge < -0.3 is 14.8 Å². The van der Waals surface area contributed by atoms with Gasteiger partial charge in [-0.2, -0.15) is 0 Å². The SMILES string of the molecule is COCCNCC(C)(C)CCc1ccc(OC)c(C)c1. The minimum absolute atomic E-state index is 0.293. The molecule has 0 saturated carbocycles. The second kappa shape index (κ2) is 8.28. The molecule has 0 aromatic heterocycles. The van der Waals surface area contributed by atoms with Gasteiger partial charge in [0.1, 0.15) is 5.75 Å². The molecular weight excluding hydrogens is 250 g/mol.